The maximum atomic E-state index is 2.37. The van der Waals surface area contributed by atoms with Crippen molar-refractivity contribution in [3.05, 3.63) is 78.2 Å². The van der Waals surface area contributed by atoms with Crippen LogP contribution in [0.2, 0.25) is 0 Å². The lowest BCUT2D eigenvalue weighted by atomic mass is 9.99. The number of para-hydroxylation sites is 1. The Balaban J connectivity index is 2.02. The molecule has 0 bridgehead atoms. The topological polar surface area (TPSA) is 3.24 Å². The van der Waals surface area contributed by atoms with Gasteiger partial charge in [0.1, 0.15) is 0 Å². The van der Waals surface area contributed by atoms with Crippen LogP contribution in [0.3, 0.4) is 0 Å². The van der Waals surface area contributed by atoms with Crippen molar-refractivity contribution in [3.63, 3.8) is 0 Å². The van der Waals surface area contributed by atoms with Gasteiger partial charge in [-0.1, -0.05) is 49.4 Å². The first-order valence-electron chi connectivity index (χ1n) is 7.45. The number of hydrogen-bond donors (Lipinski definition) is 0. The van der Waals surface area contributed by atoms with Gasteiger partial charge in [-0.05, 0) is 49.5 Å². The van der Waals surface area contributed by atoms with E-state index >= 15 is 0 Å². The zero-order valence-corrected chi connectivity index (χ0v) is 12.0. The van der Waals surface area contributed by atoms with Crippen molar-refractivity contribution in [2.45, 2.75) is 26.2 Å². The fraction of sp³-hybridized carbons (Fsp3) is 0.263. The molecule has 0 saturated heterocycles. The average molecular weight is 263 g/mol. The molecule has 0 aromatic heterocycles. The molecule has 3 rings (SSSR count). The highest BCUT2D eigenvalue weighted by Crippen LogP contribution is 2.30. The van der Waals surface area contributed by atoms with Gasteiger partial charge in [0.25, 0.3) is 0 Å². The summed E-state index contributed by atoms with van der Waals surface area (Å²) in [7, 11) is 0. The lowest BCUT2D eigenvalue weighted by Gasteiger charge is -2.30. The summed E-state index contributed by atoms with van der Waals surface area (Å²) >= 11 is 0. The van der Waals surface area contributed by atoms with Crippen LogP contribution in [-0.2, 0) is 0 Å². The SMILES string of the molecule is CC1C=C(N(C2=CCCC=C2)c2ccccc2)C=CC1. The number of anilines is 1. The molecule has 0 fully saturated rings. The third kappa shape index (κ3) is 2.77. The van der Waals surface area contributed by atoms with Crippen molar-refractivity contribution in [3.8, 4) is 0 Å². The van der Waals surface area contributed by atoms with Gasteiger partial charge in [0.05, 0.1) is 0 Å². The number of hydrogen-bond acceptors (Lipinski definition) is 1. The second kappa shape index (κ2) is 5.96. The largest absolute Gasteiger partial charge is 0.311 e. The van der Waals surface area contributed by atoms with Crippen molar-refractivity contribution >= 4 is 5.69 Å². The Hall–Kier alpha value is -2.02. The van der Waals surface area contributed by atoms with Crippen LogP contribution in [0.1, 0.15) is 26.2 Å². The molecule has 20 heavy (non-hydrogen) atoms. The number of allylic oxidation sites excluding steroid dienone is 6. The number of rotatable bonds is 3. The van der Waals surface area contributed by atoms with Crippen molar-refractivity contribution < 1.29 is 0 Å². The molecular formula is C19H21N. The minimum atomic E-state index is 0.606. The lowest BCUT2D eigenvalue weighted by Crippen LogP contribution is -2.22. The van der Waals surface area contributed by atoms with E-state index < -0.39 is 0 Å². The normalized spacial score (nSPS) is 21.4. The molecule has 2 aliphatic rings. The lowest BCUT2D eigenvalue weighted by molar-refractivity contribution is 0.724. The van der Waals surface area contributed by atoms with Crippen LogP contribution in [0.15, 0.2) is 78.2 Å². The predicted molar refractivity (Wildman–Crippen MR) is 86.4 cm³/mol. The van der Waals surface area contributed by atoms with E-state index in [4.69, 9.17) is 0 Å². The molecule has 1 aromatic rings. The maximum Gasteiger partial charge on any atom is 0.0461 e. The molecule has 0 saturated carbocycles. The van der Waals surface area contributed by atoms with Crippen LogP contribution in [0.5, 0.6) is 0 Å². The van der Waals surface area contributed by atoms with Gasteiger partial charge in [0, 0.05) is 17.1 Å². The van der Waals surface area contributed by atoms with Crippen LogP contribution in [0, 0.1) is 5.92 Å². The summed E-state index contributed by atoms with van der Waals surface area (Å²) in [4.78, 5) is 2.36. The minimum Gasteiger partial charge on any atom is -0.311 e. The van der Waals surface area contributed by atoms with Gasteiger partial charge < -0.3 is 4.90 Å². The summed E-state index contributed by atoms with van der Waals surface area (Å²) in [5, 5.41) is 0. The molecule has 1 atom stereocenters. The Labute approximate surface area is 121 Å². The Morgan fingerprint density at radius 1 is 0.950 bits per heavy atom. The summed E-state index contributed by atoms with van der Waals surface area (Å²) in [5.74, 6) is 0.606. The molecule has 0 amide bonds. The predicted octanol–water partition coefficient (Wildman–Crippen LogP) is 5.21. The molecule has 2 aliphatic carbocycles. The summed E-state index contributed by atoms with van der Waals surface area (Å²) < 4.78 is 0. The van der Waals surface area contributed by atoms with Crippen molar-refractivity contribution in [2.75, 3.05) is 4.90 Å². The molecule has 1 aromatic carbocycles. The van der Waals surface area contributed by atoms with Gasteiger partial charge in [0.2, 0.25) is 0 Å². The summed E-state index contributed by atoms with van der Waals surface area (Å²) in [6.07, 6.45) is 17.2. The van der Waals surface area contributed by atoms with Crippen molar-refractivity contribution in [2.24, 2.45) is 5.92 Å². The van der Waals surface area contributed by atoms with Gasteiger partial charge >= 0.3 is 0 Å². The van der Waals surface area contributed by atoms with Crippen LogP contribution >= 0.6 is 0 Å². The van der Waals surface area contributed by atoms with E-state index in [1.54, 1.807) is 0 Å². The molecular weight excluding hydrogens is 242 g/mol. The van der Waals surface area contributed by atoms with Gasteiger partial charge in [-0.15, -0.1) is 0 Å². The maximum absolute atomic E-state index is 2.37. The molecule has 0 N–H and O–H groups in total. The van der Waals surface area contributed by atoms with Crippen LogP contribution in [0.25, 0.3) is 0 Å². The van der Waals surface area contributed by atoms with Gasteiger partial charge in [-0.25, -0.2) is 0 Å². The molecule has 0 spiro atoms. The minimum absolute atomic E-state index is 0.606. The Morgan fingerprint density at radius 3 is 2.45 bits per heavy atom. The molecule has 1 heteroatoms. The molecule has 1 nitrogen and oxygen atoms in total. The monoisotopic (exact) mass is 263 g/mol. The molecule has 0 aliphatic heterocycles. The van der Waals surface area contributed by atoms with Gasteiger partial charge in [-0.3, -0.25) is 0 Å². The molecule has 102 valence electrons. The van der Waals surface area contributed by atoms with E-state index in [1.165, 1.54) is 17.1 Å². The van der Waals surface area contributed by atoms with E-state index in [2.05, 4.69) is 78.6 Å². The highest BCUT2D eigenvalue weighted by Gasteiger charge is 2.17. The third-order valence-electron chi connectivity index (χ3n) is 3.76. The first-order chi connectivity index (χ1) is 9.84. The summed E-state index contributed by atoms with van der Waals surface area (Å²) in [5.41, 5.74) is 3.80. The number of benzene rings is 1. The molecule has 0 heterocycles. The average Bonchev–Trinajstić information content (AvgIpc) is 2.50. The summed E-state index contributed by atoms with van der Waals surface area (Å²) in [6.45, 7) is 2.28. The second-order valence-electron chi connectivity index (χ2n) is 5.49. The van der Waals surface area contributed by atoms with Crippen LogP contribution in [-0.4, -0.2) is 0 Å². The quantitative estimate of drug-likeness (QED) is 0.724. The third-order valence-corrected chi connectivity index (χ3v) is 3.76. The van der Waals surface area contributed by atoms with E-state index in [0.717, 1.165) is 19.3 Å². The summed E-state index contributed by atoms with van der Waals surface area (Å²) in [6, 6.07) is 10.6. The van der Waals surface area contributed by atoms with E-state index in [1.807, 2.05) is 0 Å². The number of nitrogens with zero attached hydrogens (tertiary/aromatic N) is 1. The van der Waals surface area contributed by atoms with E-state index in [9.17, 15) is 0 Å². The van der Waals surface area contributed by atoms with E-state index in [-0.39, 0.29) is 0 Å². The first-order valence-corrected chi connectivity index (χ1v) is 7.45. The Kier molecular flexibility index (Phi) is 3.87. The van der Waals surface area contributed by atoms with Crippen LogP contribution < -0.4 is 4.90 Å². The molecule has 0 radical (unpaired) electrons. The van der Waals surface area contributed by atoms with E-state index in [0.29, 0.717) is 5.92 Å². The van der Waals surface area contributed by atoms with Crippen molar-refractivity contribution in [1.82, 2.24) is 0 Å². The smallest absolute Gasteiger partial charge is 0.0461 e. The zero-order valence-electron chi connectivity index (χ0n) is 12.0. The highest BCUT2D eigenvalue weighted by molar-refractivity contribution is 5.63. The highest BCUT2D eigenvalue weighted by atomic mass is 15.2. The fourth-order valence-electron chi connectivity index (χ4n) is 2.76. The Bertz CT molecular complexity index is 575. The van der Waals surface area contributed by atoms with Crippen molar-refractivity contribution in [1.29, 1.82) is 0 Å². The second-order valence-corrected chi connectivity index (χ2v) is 5.49. The zero-order chi connectivity index (χ0) is 13.8. The van der Waals surface area contributed by atoms with Crippen LogP contribution in [0.4, 0.5) is 5.69 Å². The first kappa shape index (κ1) is 13.0. The van der Waals surface area contributed by atoms with Gasteiger partial charge in [0.15, 0.2) is 0 Å². The molecule has 1 unspecified atom stereocenters. The van der Waals surface area contributed by atoms with Gasteiger partial charge in [-0.2, -0.15) is 0 Å². The fourth-order valence-corrected chi connectivity index (χ4v) is 2.76. The standard InChI is InChI=1S/C19H21N/c1-16-9-8-14-19(15-16)20(17-10-4-2-5-11-17)18-12-6-3-7-13-18/h2,4-6,8,10-16H,3,7,9H2,1H3. The Morgan fingerprint density at radius 2 is 1.75 bits per heavy atom.